The number of benzene rings is 1. The molecule has 1 atom stereocenters. The first-order chi connectivity index (χ1) is 7.51. The minimum absolute atomic E-state index is 0.0642. The van der Waals surface area contributed by atoms with Gasteiger partial charge in [-0.25, -0.2) is 0 Å². The van der Waals surface area contributed by atoms with Crippen molar-refractivity contribution in [3.8, 4) is 11.5 Å². The fraction of sp³-hybridized carbons (Fsp3) is 0.500. The molecule has 1 unspecified atom stereocenters. The molecule has 1 rings (SSSR count). The summed E-state index contributed by atoms with van der Waals surface area (Å²) in [6.45, 7) is 3.91. The molecule has 16 heavy (non-hydrogen) atoms. The molecule has 0 aliphatic heterocycles. The van der Waals surface area contributed by atoms with Gasteiger partial charge >= 0.3 is 0 Å². The molecule has 0 aromatic heterocycles. The standard InChI is InChI=1S/C12H18ClNO2/c1-7(14)5-9-8(2)12(16-4)11(15-3)6-10(9)13/h6-7H,5,14H2,1-4H3. The van der Waals surface area contributed by atoms with E-state index in [1.165, 1.54) is 0 Å². The molecule has 90 valence electrons. The molecular weight excluding hydrogens is 226 g/mol. The van der Waals surface area contributed by atoms with E-state index in [-0.39, 0.29) is 6.04 Å². The van der Waals surface area contributed by atoms with E-state index in [9.17, 15) is 0 Å². The lowest BCUT2D eigenvalue weighted by Crippen LogP contribution is -2.19. The average molecular weight is 244 g/mol. The van der Waals surface area contributed by atoms with Crippen LogP contribution in [0.2, 0.25) is 5.02 Å². The zero-order chi connectivity index (χ0) is 12.3. The second kappa shape index (κ2) is 5.41. The van der Waals surface area contributed by atoms with E-state index < -0.39 is 0 Å². The van der Waals surface area contributed by atoms with E-state index in [1.807, 2.05) is 13.8 Å². The van der Waals surface area contributed by atoms with Crippen LogP contribution in [0.5, 0.6) is 11.5 Å². The third kappa shape index (κ3) is 2.60. The lowest BCUT2D eigenvalue weighted by molar-refractivity contribution is 0.352. The van der Waals surface area contributed by atoms with Crippen LogP contribution >= 0.6 is 11.6 Å². The Morgan fingerprint density at radius 3 is 2.44 bits per heavy atom. The number of nitrogens with two attached hydrogens (primary N) is 1. The second-order valence-corrected chi connectivity index (χ2v) is 4.29. The molecule has 0 aliphatic carbocycles. The number of rotatable bonds is 4. The van der Waals surface area contributed by atoms with Crippen LogP contribution in [0.1, 0.15) is 18.1 Å². The monoisotopic (exact) mass is 243 g/mol. The fourth-order valence-corrected chi connectivity index (χ4v) is 2.06. The first-order valence-corrected chi connectivity index (χ1v) is 5.54. The maximum Gasteiger partial charge on any atom is 0.163 e. The molecule has 0 aliphatic rings. The van der Waals surface area contributed by atoms with E-state index in [2.05, 4.69) is 0 Å². The van der Waals surface area contributed by atoms with E-state index >= 15 is 0 Å². The highest BCUT2D eigenvalue weighted by molar-refractivity contribution is 6.31. The smallest absolute Gasteiger partial charge is 0.163 e. The lowest BCUT2D eigenvalue weighted by atomic mass is 10.0. The molecule has 0 saturated heterocycles. The Labute approximate surface area is 101 Å². The van der Waals surface area contributed by atoms with Crippen molar-refractivity contribution in [3.63, 3.8) is 0 Å². The maximum atomic E-state index is 6.20. The van der Waals surface area contributed by atoms with Crippen LogP contribution in [0.3, 0.4) is 0 Å². The lowest BCUT2D eigenvalue weighted by Gasteiger charge is -2.17. The third-order valence-corrected chi connectivity index (χ3v) is 2.85. The van der Waals surface area contributed by atoms with Crippen molar-refractivity contribution in [2.45, 2.75) is 26.3 Å². The Morgan fingerprint density at radius 2 is 2.00 bits per heavy atom. The Balaban J connectivity index is 3.29. The van der Waals surface area contributed by atoms with Crippen molar-refractivity contribution in [2.75, 3.05) is 14.2 Å². The van der Waals surface area contributed by atoms with E-state index in [4.69, 9.17) is 26.8 Å². The zero-order valence-electron chi connectivity index (χ0n) is 10.1. The van der Waals surface area contributed by atoms with Gasteiger partial charge in [-0.1, -0.05) is 11.6 Å². The summed E-state index contributed by atoms with van der Waals surface area (Å²) in [5.41, 5.74) is 7.81. The van der Waals surface area contributed by atoms with Crippen molar-refractivity contribution in [3.05, 3.63) is 22.2 Å². The van der Waals surface area contributed by atoms with Crippen molar-refractivity contribution in [1.82, 2.24) is 0 Å². The first kappa shape index (κ1) is 13.1. The van der Waals surface area contributed by atoms with Crippen LogP contribution in [0.25, 0.3) is 0 Å². The predicted octanol–water partition coefficient (Wildman–Crippen LogP) is 2.56. The molecule has 4 heteroatoms. The Bertz CT molecular complexity index is 378. The van der Waals surface area contributed by atoms with Gasteiger partial charge in [-0.05, 0) is 31.4 Å². The quantitative estimate of drug-likeness (QED) is 0.884. The fourth-order valence-electron chi connectivity index (χ4n) is 1.75. The van der Waals surface area contributed by atoms with Gasteiger partial charge in [0.05, 0.1) is 14.2 Å². The first-order valence-electron chi connectivity index (χ1n) is 5.16. The van der Waals surface area contributed by atoms with Crippen molar-refractivity contribution in [1.29, 1.82) is 0 Å². The molecule has 1 aromatic rings. The molecule has 3 nitrogen and oxygen atoms in total. The number of methoxy groups -OCH3 is 2. The maximum absolute atomic E-state index is 6.20. The van der Waals surface area contributed by atoms with Crippen LogP contribution in [0.15, 0.2) is 6.07 Å². The van der Waals surface area contributed by atoms with Gasteiger partial charge in [0, 0.05) is 17.1 Å². The van der Waals surface area contributed by atoms with Gasteiger partial charge in [-0.15, -0.1) is 0 Å². The largest absolute Gasteiger partial charge is 0.493 e. The normalized spacial score (nSPS) is 12.4. The van der Waals surface area contributed by atoms with Crippen LogP contribution in [0, 0.1) is 6.92 Å². The molecule has 0 bridgehead atoms. The van der Waals surface area contributed by atoms with Gasteiger partial charge in [-0.3, -0.25) is 0 Å². The summed E-state index contributed by atoms with van der Waals surface area (Å²) in [4.78, 5) is 0. The molecule has 0 heterocycles. The van der Waals surface area contributed by atoms with Gasteiger partial charge in [0.25, 0.3) is 0 Å². The number of hydrogen-bond acceptors (Lipinski definition) is 3. The molecule has 0 amide bonds. The summed E-state index contributed by atoms with van der Waals surface area (Å²) in [7, 11) is 3.22. The molecule has 0 saturated carbocycles. The predicted molar refractivity (Wildman–Crippen MR) is 66.6 cm³/mol. The van der Waals surface area contributed by atoms with Gasteiger partial charge in [-0.2, -0.15) is 0 Å². The van der Waals surface area contributed by atoms with E-state index in [0.29, 0.717) is 10.8 Å². The van der Waals surface area contributed by atoms with Gasteiger partial charge in [0.2, 0.25) is 0 Å². The summed E-state index contributed by atoms with van der Waals surface area (Å²) >= 11 is 6.20. The number of ether oxygens (including phenoxy) is 2. The third-order valence-electron chi connectivity index (χ3n) is 2.51. The molecule has 0 radical (unpaired) electrons. The highest BCUT2D eigenvalue weighted by Crippen LogP contribution is 2.37. The Kier molecular flexibility index (Phi) is 4.44. The van der Waals surface area contributed by atoms with Crippen LogP contribution in [-0.4, -0.2) is 20.3 Å². The Hall–Kier alpha value is -0.930. The van der Waals surface area contributed by atoms with Crippen molar-refractivity contribution >= 4 is 11.6 Å². The second-order valence-electron chi connectivity index (χ2n) is 3.88. The molecule has 2 N–H and O–H groups in total. The van der Waals surface area contributed by atoms with Gasteiger partial charge in [0.15, 0.2) is 11.5 Å². The van der Waals surface area contributed by atoms with Gasteiger partial charge < -0.3 is 15.2 Å². The molecular formula is C12H18ClNO2. The van der Waals surface area contributed by atoms with Crippen LogP contribution < -0.4 is 15.2 Å². The summed E-state index contributed by atoms with van der Waals surface area (Å²) < 4.78 is 10.5. The van der Waals surface area contributed by atoms with E-state index in [0.717, 1.165) is 23.3 Å². The van der Waals surface area contributed by atoms with Crippen molar-refractivity contribution < 1.29 is 9.47 Å². The minimum Gasteiger partial charge on any atom is -0.493 e. The summed E-state index contributed by atoms with van der Waals surface area (Å²) in [5.74, 6) is 1.38. The van der Waals surface area contributed by atoms with Crippen molar-refractivity contribution in [2.24, 2.45) is 5.73 Å². The highest BCUT2D eigenvalue weighted by Gasteiger charge is 2.16. The van der Waals surface area contributed by atoms with Crippen LogP contribution in [-0.2, 0) is 6.42 Å². The SMILES string of the molecule is COc1cc(Cl)c(CC(C)N)c(C)c1OC. The average Bonchev–Trinajstić information content (AvgIpc) is 2.23. The topological polar surface area (TPSA) is 44.5 Å². The summed E-state index contributed by atoms with van der Waals surface area (Å²) in [5, 5.41) is 0.674. The van der Waals surface area contributed by atoms with E-state index in [1.54, 1.807) is 20.3 Å². The van der Waals surface area contributed by atoms with Crippen LogP contribution in [0.4, 0.5) is 0 Å². The molecule has 0 spiro atoms. The molecule has 0 fully saturated rings. The summed E-state index contributed by atoms with van der Waals surface area (Å²) in [6, 6.07) is 1.83. The number of hydrogen-bond donors (Lipinski definition) is 1. The number of halogens is 1. The highest BCUT2D eigenvalue weighted by atomic mass is 35.5. The zero-order valence-corrected chi connectivity index (χ0v) is 10.9. The Morgan fingerprint density at radius 1 is 1.38 bits per heavy atom. The van der Waals surface area contributed by atoms with Gasteiger partial charge in [0.1, 0.15) is 0 Å². The molecule has 1 aromatic carbocycles. The minimum atomic E-state index is 0.0642. The summed E-state index contributed by atoms with van der Waals surface area (Å²) in [6.07, 6.45) is 0.727.